The first-order valence-electron chi connectivity index (χ1n) is 4.87. The molecule has 3 rings (SSSR count). The highest BCUT2D eigenvalue weighted by Crippen LogP contribution is 2.31. The van der Waals surface area contributed by atoms with Crippen LogP contribution in [0.25, 0.3) is 16.6 Å². The highest BCUT2D eigenvalue weighted by Gasteiger charge is 2.12. The van der Waals surface area contributed by atoms with Gasteiger partial charge in [0, 0.05) is 16.9 Å². The number of halogens is 2. The van der Waals surface area contributed by atoms with Gasteiger partial charge in [-0.3, -0.25) is 4.57 Å². The zero-order chi connectivity index (χ0) is 12.5. The smallest absolute Gasteiger partial charge is 0.239 e. The standard InChI is InChI=1S/C10H5BrClN5S/c11-6-1-4-18-7(6)8-14-9(12)16-10(15-8)17-3-2-13-5-17/h1-5H. The Labute approximate surface area is 120 Å². The van der Waals surface area contributed by atoms with Crippen LogP contribution in [0, 0.1) is 0 Å². The Bertz CT molecular complexity index is 681. The van der Waals surface area contributed by atoms with Crippen LogP contribution in [0.3, 0.4) is 0 Å². The third-order valence-electron chi connectivity index (χ3n) is 2.15. The SMILES string of the molecule is Clc1nc(-c2sccc2Br)nc(-n2ccnc2)n1. The summed E-state index contributed by atoms with van der Waals surface area (Å²) in [5.41, 5.74) is 0. The van der Waals surface area contributed by atoms with Crippen LogP contribution in [0.15, 0.2) is 34.6 Å². The molecule has 0 aliphatic carbocycles. The molecule has 18 heavy (non-hydrogen) atoms. The van der Waals surface area contributed by atoms with Gasteiger partial charge in [0.2, 0.25) is 11.2 Å². The normalized spacial score (nSPS) is 10.8. The van der Waals surface area contributed by atoms with Gasteiger partial charge in [0.25, 0.3) is 0 Å². The zero-order valence-electron chi connectivity index (χ0n) is 8.79. The zero-order valence-corrected chi connectivity index (χ0v) is 11.9. The van der Waals surface area contributed by atoms with Crippen molar-refractivity contribution in [3.05, 3.63) is 39.9 Å². The lowest BCUT2D eigenvalue weighted by Crippen LogP contribution is -2.02. The van der Waals surface area contributed by atoms with Crippen LogP contribution in [-0.2, 0) is 0 Å². The van der Waals surface area contributed by atoms with E-state index in [1.165, 1.54) is 11.3 Å². The molecular weight excluding hydrogens is 338 g/mol. The fourth-order valence-corrected chi connectivity index (χ4v) is 3.03. The van der Waals surface area contributed by atoms with Crippen LogP contribution in [0.1, 0.15) is 0 Å². The van der Waals surface area contributed by atoms with E-state index in [0.29, 0.717) is 11.8 Å². The molecule has 0 saturated carbocycles. The fourth-order valence-electron chi connectivity index (χ4n) is 1.39. The molecular formula is C10H5BrClN5S. The number of thiophene rings is 1. The average Bonchev–Trinajstić information content (AvgIpc) is 2.98. The summed E-state index contributed by atoms with van der Waals surface area (Å²) in [4.78, 5) is 17.5. The van der Waals surface area contributed by atoms with E-state index >= 15 is 0 Å². The van der Waals surface area contributed by atoms with Crippen molar-refractivity contribution in [2.75, 3.05) is 0 Å². The topological polar surface area (TPSA) is 56.5 Å². The molecule has 0 unspecified atom stereocenters. The van der Waals surface area contributed by atoms with Crippen LogP contribution in [-0.4, -0.2) is 24.5 Å². The Kier molecular flexibility index (Phi) is 3.11. The van der Waals surface area contributed by atoms with E-state index in [1.807, 2.05) is 11.4 Å². The summed E-state index contributed by atoms with van der Waals surface area (Å²) in [6.07, 6.45) is 5.01. The summed E-state index contributed by atoms with van der Waals surface area (Å²) in [6.45, 7) is 0. The van der Waals surface area contributed by atoms with Crippen LogP contribution in [0.4, 0.5) is 0 Å². The molecule has 0 aliphatic heterocycles. The van der Waals surface area contributed by atoms with Crippen molar-refractivity contribution < 1.29 is 0 Å². The average molecular weight is 343 g/mol. The van der Waals surface area contributed by atoms with E-state index in [-0.39, 0.29) is 5.28 Å². The minimum Gasteiger partial charge on any atom is -0.274 e. The van der Waals surface area contributed by atoms with Crippen molar-refractivity contribution in [1.29, 1.82) is 0 Å². The van der Waals surface area contributed by atoms with Crippen LogP contribution in [0.5, 0.6) is 0 Å². The maximum Gasteiger partial charge on any atom is 0.239 e. The minimum atomic E-state index is 0.156. The van der Waals surface area contributed by atoms with E-state index in [2.05, 4.69) is 35.9 Å². The summed E-state index contributed by atoms with van der Waals surface area (Å²) in [5, 5.41) is 2.11. The van der Waals surface area contributed by atoms with Gasteiger partial charge in [-0.2, -0.15) is 15.0 Å². The maximum atomic E-state index is 5.93. The van der Waals surface area contributed by atoms with Gasteiger partial charge in [0.1, 0.15) is 6.33 Å². The summed E-state index contributed by atoms with van der Waals surface area (Å²) in [5.74, 6) is 0.989. The third kappa shape index (κ3) is 2.16. The molecule has 0 aromatic carbocycles. The van der Waals surface area contributed by atoms with E-state index in [0.717, 1.165) is 9.35 Å². The predicted molar refractivity (Wildman–Crippen MR) is 73.0 cm³/mol. The van der Waals surface area contributed by atoms with E-state index in [9.17, 15) is 0 Å². The van der Waals surface area contributed by atoms with Crippen molar-refractivity contribution in [2.24, 2.45) is 0 Å². The van der Waals surface area contributed by atoms with Gasteiger partial charge in [-0.15, -0.1) is 11.3 Å². The van der Waals surface area contributed by atoms with Crippen molar-refractivity contribution >= 4 is 38.9 Å². The molecule has 8 heteroatoms. The number of rotatable bonds is 2. The highest BCUT2D eigenvalue weighted by atomic mass is 79.9. The van der Waals surface area contributed by atoms with Crippen LogP contribution < -0.4 is 0 Å². The number of hydrogen-bond acceptors (Lipinski definition) is 5. The number of nitrogens with zero attached hydrogens (tertiary/aromatic N) is 5. The lowest BCUT2D eigenvalue weighted by atomic mass is 10.4. The van der Waals surface area contributed by atoms with Crippen LogP contribution in [0.2, 0.25) is 5.28 Å². The largest absolute Gasteiger partial charge is 0.274 e. The maximum absolute atomic E-state index is 5.93. The molecule has 90 valence electrons. The highest BCUT2D eigenvalue weighted by molar-refractivity contribution is 9.10. The molecule has 0 bridgehead atoms. The van der Waals surface area contributed by atoms with Gasteiger partial charge in [0.15, 0.2) is 5.82 Å². The second-order valence-corrected chi connectivity index (χ2v) is 5.40. The van der Waals surface area contributed by atoms with Gasteiger partial charge in [0.05, 0.1) is 4.88 Å². The van der Waals surface area contributed by atoms with E-state index in [1.54, 1.807) is 23.3 Å². The van der Waals surface area contributed by atoms with Crippen LogP contribution >= 0.6 is 38.9 Å². The molecule has 0 aliphatic rings. The fraction of sp³-hybridized carbons (Fsp3) is 0. The summed E-state index contributed by atoms with van der Waals surface area (Å²) >= 11 is 10.9. The molecule has 0 amide bonds. The van der Waals surface area contributed by atoms with Gasteiger partial charge in [-0.25, -0.2) is 4.98 Å². The van der Waals surface area contributed by atoms with E-state index in [4.69, 9.17) is 11.6 Å². The predicted octanol–water partition coefficient (Wildman–Crippen LogP) is 3.20. The first kappa shape index (κ1) is 11.8. The molecule has 0 radical (unpaired) electrons. The third-order valence-corrected chi connectivity index (χ3v) is 4.15. The Morgan fingerprint density at radius 1 is 1.28 bits per heavy atom. The van der Waals surface area contributed by atoms with Gasteiger partial charge in [-0.1, -0.05) is 0 Å². The first-order chi connectivity index (χ1) is 8.74. The Balaban J connectivity index is 2.15. The molecule has 0 atom stereocenters. The van der Waals surface area contributed by atoms with Crippen molar-refractivity contribution in [2.45, 2.75) is 0 Å². The van der Waals surface area contributed by atoms with Crippen molar-refractivity contribution in [3.8, 4) is 16.6 Å². The lowest BCUT2D eigenvalue weighted by molar-refractivity contribution is 0.900. The number of aromatic nitrogens is 5. The summed E-state index contributed by atoms with van der Waals surface area (Å²) in [7, 11) is 0. The lowest BCUT2D eigenvalue weighted by Gasteiger charge is -2.03. The molecule has 0 fully saturated rings. The van der Waals surface area contributed by atoms with Gasteiger partial charge in [-0.05, 0) is 39.0 Å². The Morgan fingerprint density at radius 3 is 2.83 bits per heavy atom. The van der Waals surface area contributed by atoms with E-state index < -0.39 is 0 Å². The molecule has 3 heterocycles. The van der Waals surface area contributed by atoms with Gasteiger partial charge >= 0.3 is 0 Å². The Morgan fingerprint density at radius 2 is 2.17 bits per heavy atom. The second-order valence-electron chi connectivity index (χ2n) is 3.30. The summed E-state index contributed by atoms with van der Waals surface area (Å²) < 4.78 is 2.62. The Hall–Kier alpha value is -1.31. The number of imidazole rings is 1. The molecule has 0 saturated heterocycles. The van der Waals surface area contributed by atoms with Crippen molar-refractivity contribution in [3.63, 3.8) is 0 Å². The number of hydrogen-bond donors (Lipinski definition) is 0. The quantitative estimate of drug-likeness (QED) is 0.717. The van der Waals surface area contributed by atoms with Crippen molar-refractivity contribution in [1.82, 2.24) is 24.5 Å². The second kappa shape index (κ2) is 4.75. The van der Waals surface area contributed by atoms with Gasteiger partial charge < -0.3 is 0 Å². The molecule has 3 aromatic rings. The minimum absolute atomic E-state index is 0.156. The molecule has 3 aromatic heterocycles. The molecule has 0 spiro atoms. The first-order valence-corrected chi connectivity index (χ1v) is 6.92. The molecule has 5 nitrogen and oxygen atoms in total. The molecule has 0 N–H and O–H groups in total. The monoisotopic (exact) mass is 341 g/mol. The summed E-state index contributed by atoms with van der Waals surface area (Å²) in [6, 6.07) is 1.94.